The summed E-state index contributed by atoms with van der Waals surface area (Å²) < 4.78 is 21.5. The van der Waals surface area contributed by atoms with Crippen LogP contribution in [0.5, 0.6) is 0 Å². The Morgan fingerprint density at radius 3 is 2.62 bits per heavy atom. The molecule has 0 bridgehead atoms. The maximum Gasteiger partial charge on any atom is 0.439 e. The van der Waals surface area contributed by atoms with Crippen molar-refractivity contribution >= 4 is 22.9 Å². The van der Waals surface area contributed by atoms with Crippen molar-refractivity contribution in [1.82, 2.24) is 29.7 Å². The highest BCUT2D eigenvalue weighted by molar-refractivity contribution is 5.87. The van der Waals surface area contributed by atoms with Crippen LogP contribution in [0.25, 0.3) is 22.8 Å². The van der Waals surface area contributed by atoms with Gasteiger partial charge in [0.25, 0.3) is 0 Å². The van der Waals surface area contributed by atoms with E-state index in [4.69, 9.17) is 19.5 Å². The number of fused-ring (bicyclic) bond motifs is 1. The van der Waals surface area contributed by atoms with E-state index in [1.807, 2.05) is 4.90 Å². The van der Waals surface area contributed by atoms with Gasteiger partial charge in [-0.05, 0) is 76.0 Å². The first-order chi connectivity index (χ1) is 18.9. The Morgan fingerprint density at radius 2 is 1.97 bits per heavy atom. The third-order valence-electron chi connectivity index (χ3n) is 8.99. The SMILES string of the molecule is C=C[C@H]1CC[C@H](Cn2c(N3CCC[C@H]3C(=C)F)nc3nc(-c4noc(=O)[nH]4)nc(N[C@H](C)C4CCC4)c32)CC1. The highest BCUT2D eigenvalue weighted by Gasteiger charge is 2.34. The van der Waals surface area contributed by atoms with Crippen LogP contribution in [0, 0.1) is 17.8 Å². The van der Waals surface area contributed by atoms with E-state index < -0.39 is 11.8 Å². The first-order valence-electron chi connectivity index (χ1n) is 14.3. The van der Waals surface area contributed by atoms with Crippen LogP contribution >= 0.6 is 0 Å². The van der Waals surface area contributed by atoms with Crippen LogP contribution < -0.4 is 16.0 Å². The van der Waals surface area contributed by atoms with E-state index in [1.54, 1.807) is 0 Å². The molecule has 4 heterocycles. The number of hydrogen-bond donors (Lipinski definition) is 2. The summed E-state index contributed by atoms with van der Waals surface area (Å²) in [5.74, 6) is 2.28. The molecule has 3 aromatic heterocycles. The Hall–Kier alpha value is -3.50. The number of aromatic nitrogens is 6. The fraction of sp³-hybridized carbons (Fsp3) is 0.607. The highest BCUT2D eigenvalue weighted by atomic mass is 19.1. The molecule has 1 aliphatic heterocycles. The molecule has 3 fully saturated rings. The largest absolute Gasteiger partial charge is 0.439 e. The minimum Gasteiger partial charge on any atom is -0.365 e. The van der Waals surface area contributed by atoms with Gasteiger partial charge in [-0.2, -0.15) is 4.98 Å². The van der Waals surface area contributed by atoms with Gasteiger partial charge in [0, 0.05) is 19.1 Å². The molecule has 11 heteroatoms. The molecule has 0 unspecified atom stereocenters. The first kappa shape index (κ1) is 25.8. The summed E-state index contributed by atoms with van der Waals surface area (Å²) in [6.45, 7) is 11.2. The summed E-state index contributed by atoms with van der Waals surface area (Å²) in [7, 11) is 0. The predicted molar refractivity (Wildman–Crippen MR) is 148 cm³/mol. The van der Waals surface area contributed by atoms with Gasteiger partial charge in [0.15, 0.2) is 11.5 Å². The van der Waals surface area contributed by atoms with Gasteiger partial charge in [-0.15, -0.1) is 6.58 Å². The number of hydrogen-bond acceptors (Lipinski definition) is 8. The van der Waals surface area contributed by atoms with Gasteiger partial charge in [-0.3, -0.25) is 9.51 Å². The van der Waals surface area contributed by atoms with Crippen LogP contribution in [-0.2, 0) is 6.54 Å². The van der Waals surface area contributed by atoms with E-state index in [1.165, 1.54) is 19.3 Å². The molecule has 10 nitrogen and oxygen atoms in total. The van der Waals surface area contributed by atoms with Gasteiger partial charge in [0.05, 0.1) is 6.04 Å². The van der Waals surface area contributed by atoms with Crippen LogP contribution in [0.15, 0.2) is 34.4 Å². The topological polar surface area (TPSA) is 118 Å². The maximum atomic E-state index is 14.6. The van der Waals surface area contributed by atoms with Gasteiger partial charge in [-0.25, -0.2) is 19.2 Å². The Balaban J connectivity index is 1.48. The number of nitrogens with zero attached hydrogens (tertiary/aromatic N) is 6. The first-order valence-corrected chi connectivity index (χ1v) is 14.3. The fourth-order valence-electron chi connectivity index (χ4n) is 6.42. The number of halogens is 1. The molecular weight excluding hydrogens is 499 g/mol. The summed E-state index contributed by atoms with van der Waals surface area (Å²) >= 11 is 0. The van der Waals surface area contributed by atoms with Crippen LogP contribution in [-0.4, -0.2) is 48.3 Å². The molecule has 2 aliphatic carbocycles. The number of imidazole rings is 1. The summed E-state index contributed by atoms with van der Waals surface area (Å²) in [6, 6.07) is -0.220. The molecule has 0 radical (unpaired) electrons. The summed E-state index contributed by atoms with van der Waals surface area (Å²) in [5, 5.41) is 7.47. The highest BCUT2D eigenvalue weighted by Crippen LogP contribution is 2.38. The maximum absolute atomic E-state index is 14.6. The van der Waals surface area contributed by atoms with E-state index in [-0.39, 0.29) is 23.5 Å². The van der Waals surface area contributed by atoms with Crippen LogP contribution in [0.2, 0.25) is 0 Å². The van der Waals surface area contributed by atoms with Crippen molar-refractivity contribution in [3.8, 4) is 11.6 Å². The molecule has 208 valence electrons. The van der Waals surface area contributed by atoms with E-state index in [0.717, 1.165) is 44.2 Å². The van der Waals surface area contributed by atoms with Crippen molar-refractivity contribution in [2.45, 2.75) is 83.3 Å². The second-order valence-corrected chi connectivity index (χ2v) is 11.5. The lowest BCUT2D eigenvalue weighted by atomic mass is 9.80. The van der Waals surface area contributed by atoms with Gasteiger partial charge < -0.3 is 14.8 Å². The molecule has 39 heavy (non-hydrogen) atoms. The average Bonchev–Trinajstić information content (AvgIpc) is 3.62. The second kappa shape index (κ2) is 10.6. The van der Waals surface area contributed by atoms with Gasteiger partial charge in [0.2, 0.25) is 17.6 Å². The monoisotopic (exact) mass is 536 g/mol. The molecule has 0 spiro atoms. The molecule has 3 aromatic rings. The molecule has 0 amide bonds. The van der Waals surface area contributed by atoms with Crippen molar-refractivity contribution in [2.75, 3.05) is 16.8 Å². The molecule has 0 aromatic carbocycles. The quantitative estimate of drug-likeness (QED) is 0.358. The second-order valence-electron chi connectivity index (χ2n) is 11.5. The lowest BCUT2D eigenvalue weighted by molar-refractivity contribution is 0.282. The standard InChI is InChI=1S/C28H37FN8O2/c1-4-18-10-12-19(13-11-18)15-37-22-23(30-17(3)20-7-5-8-20)31-25(26-34-28(38)39-35-26)32-24(22)33-27(37)36-14-6-9-21(36)16(2)29/h4,17-21H,1-2,5-15H2,3H3,(H,30,31,32)(H,34,35,38)/t17-,18-,19-,21+/m1/s1. The number of allylic oxidation sites excluding steroid dienone is 1. The molecule has 6 rings (SSSR count). The fourth-order valence-corrected chi connectivity index (χ4v) is 6.42. The predicted octanol–water partition coefficient (Wildman–Crippen LogP) is 5.21. The lowest BCUT2D eigenvalue weighted by Gasteiger charge is -2.33. The normalized spacial score (nSPS) is 24.6. The number of anilines is 2. The van der Waals surface area contributed by atoms with E-state index >= 15 is 0 Å². The van der Waals surface area contributed by atoms with Gasteiger partial charge in [-0.1, -0.05) is 24.2 Å². The Labute approximate surface area is 226 Å². The van der Waals surface area contributed by atoms with E-state index in [0.29, 0.717) is 48.1 Å². The minimum absolute atomic E-state index is 0.149. The number of aromatic amines is 1. The van der Waals surface area contributed by atoms with Crippen molar-refractivity contribution in [1.29, 1.82) is 0 Å². The van der Waals surface area contributed by atoms with Gasteiger partial charge in [0.1, 0.15) is 11.3 Å². The van der Waals surface area contributed by atoms with Crippen LogP contribution in [0.1, 0.15) is 64.7 Å². The smallest absolute Gasteiger partial charge is 0.365 e. The van der Waals surface area contributed by atoms with Gasteiger partial charge >= 0.3 is 5.76 Å². The molecule has 3 aliphatic rings. The summed E-state index contributed by atoms with van der Waals surface area (Å²) in [5.41, 5.74) is 1.28. The van der Waals surface area contributed by atoms with Crippen molar-refractivity contribution in [2.24, 2.45) is 17.8 Å². The third-order valence-corrected chi connectivity index (χ3v) is 8.99. The zero-order valence-electron chi connectivity index (χ0n) is 22.5. The molecule has 2 atom stereocenters. The number of H-pyrrole nitrogens is 1. The molecular formula is C28H37FN8O2. The zero-order valence-corrected chi connectivity index (χ0v) is 22.5. The lowest BCUT2D eigenvalue weighted by Crippen LogP contribution is -2.33. The van der Waals surface area contributed by atoms with E-state index in [9.17, 15) is 9.18 Å². The number of rotatable bonds is 9. The average molecular weight is 537 g/mol. The summed E-state index contributed by atoms with van der Waals surface area (Å²) in [4.78, 5) is 30.8. The van der Waals surface area contributed by atoms with Crippen molar-refractivity contribution < 1.29 is 8.91 Å². The number of nitrogens with one attached hydrogen (secondary N) is 2. The Morgan fingerprint density at radius 1 is 1.18 bits per heavy atom. The van der Waals surface area contributed by atoms with Crippen molar-refractivity contribution in [3.63, 3.8) is 0 Å². The van der Waals surface area contributed by atoms with Crippen LogP contribution in [0.4, 0.5) is 16.2 Å². The van der Waals surface area contributed by atoms with Crippen molar-refractivity contribution in [3.05, 3.63) is 35.6 Å². The Bertz CT molecular complexity index is 1410. The van der Waals surface area contributed by atoms with E-state index in [2.05, 4.69) is 46.2 Å². The third kappa shape index (κ3) is 4.98. The zero-order chi connectivity index (χ0) is 27.1. The molecule has 2 N–H and O–H groups in total. The van der Waals surface area contributed by atoms with Crippen LogP contribution in [0.3, 0.4) is 0 Å². The summed E-state index contributed by atoms with van der Waals surface area (Å²) in [6.07, 6.45) is 11.6. The molecule has 2 saturated carbocycles. The molecule has 1 saturated heterocycles. The minimum atomic E-state index is -0.672. The Kier molecular flexibility index (Phi) is 6.99.